The first-order valence-electron chi connectivity index (χ1n) is 4.62. The van der Waals surface area contributed by atoms with E-state index in [1.165, 1.54) is 0 Å². The van der Waals surface area contributed by atoms with Gasteiger partial charge in [0.15, 0.2) is 5.69 Å². The van der Waals surface area contributed by atoms with Crippen LogP contribution in [0.3, 0.4) is 0 Å². The molecule has 0 N–H and O–H groups in total. The van der Waals surface area contributed by atoms with E-state index in [9.17, 15) is 13.2 Å². The van der Waals surface area contributed by atoms with Crippen LogP contribution in [0.25, 0.3) is 0 Å². The molecule has 0 fully saturated rings. The average molecular weight is 206 g/mol. The van der Waals surface area contributed by atoms with Gasteiger partial charge in [0, 0.05) is 19.2 Å². The molecule has 14 heavy (non-hydrogen) atoms. The topological polar surface area (TPSA) is 17.8 Å². The molecule has 1 aromatic heterocycles. The Balaban J connectivity index is 3.00. The number of halogens is 3. The lowest BCUT2D eigenvalue weighted by Crippen LogP contribution is -2.05. The molecular formula is C9H13F3N2. The van der Waals surface area contributed by atoms with E-state index in [0.29, 0.717) is 18.8 Å². The Bertz CT molecular complexity index is 301. The molecule has 0 saturated heterocycles. The van der Waals surface area contributed by atoms with Crippen LogP contribution in [0, 0.1) is 0 Å². The summed E-state index contributed by atoms with van der Waals surface area (Å²) >= 11 is 0. The van der Waals surface area contributed by atoms with Crippen LogP contribution in [0.5, 0.6) is 0 Å². The lowest BCUT2D eigenvalue weighted by atomic mass is 10.3. The Morgan fingerprint density at radius 3 is 2.43 bits per heavy atom. The van der Waals surface area contributed by atoms with Gasteiger partial charge in [-0.3, -0.25) is 0 Å². The smallest absolute Gasteiger partial charge is 0.335 e. The summed E-state index contributed by atoms with van der Waals surface area (Å²) in [6.07, 6.45) is -1.87. The van der Waals surface area contributed by atoms with Gasteiger partial charge in [0.25, 0.3) is 0 Å². The zero-order valence-corrected chi connectivity index (χ0v) is 8.23. The third-order valence-corrected chi connectivity index (χ3v) is 1.96. The number of rotatable bonds is 3. The van der Waals surface area contributed by atoms with Crippen LogP contribution in [0.1, 0.15) is 31.8 Å². The maximum atomic E-state index is 12.3. The Morgan fingerprint density at radius 1 is 1.36 bits per heavy atom. The first-order valence-corrected chi connectivity index (χ1v) is 4.62. The lowest BCUT2D eigenvalue weighted by molar-refractivity contribution is -0.141. The summed E-state index contributed by atoms with van der Waals surface area (Å²) in [6, 6.07) is 0. The van der Waals surface area contributed by atoms with Crippen LogP contribution in [0.15, 0.2) is 6.20 Å². The van der Waals surface area contributed by atoms with Gasteiger partial charge in [-0.15, -0.1) is 0 Å². The van der Waals surface area contributed by atoms with Crippen LogP contribution >= 0.6 is 0 Å². The normalized spacial score (nSPS) is 12.1. The van der Waals surface area contributed by atoms with E-state index < -0.39 is 11.9 Å². The fourth-order valence-electron chi connectivity index (χ4n) is 1.29. The van der Waals surface area contributed by atoms with Crippen LogP contribution in [-0.4, -0.2) is 9.55 Å². The molecular weight excluding hydrogens is 193 g/mol. The van der Waals surface area contributed by atoms with E-state index in [4.69, 9.17) is 0 Å². The SMILES string of the molecule is CCCc1nc(C(F)(F)F)cn1CC. The molecule has 5 heteroatoms. The minimum Gasteiger partial charge on any atom is -0.335 e. The van der Waals surface area contributed by atoms with Crippen molar-refractivity contribution in [3.05, 3.63) is 17.7 Å². The van der Waals surface area contributed by atoms with Crippen molar-refractivity contribution in [3.8, 4) is 0 Å². The van der Waals surface area contributed by atoms with Crippen molar-refractivity contribution in [2.24, 2.45) is 0 Å². The quantitative estimate of drug-likeness (QED) is 0.743. The Labute approximate surface area is 80.8 Å². The minimum atomic E-state index is -4.33. The lowest BCUT2D eigenvalue weighted by Gasteiger charge is -2.00. The van der Waals surface area contributed by atoms with E-state index in [0.717, 1.165) is 12.6 Å². The highest BCUT2D eigenvalue weighted by Crippen LogP contribution is 2.28. The van der Waals surface area contributed by atoms with E-state index in [-0.39, 0.29) is 0 Å². The zero-order valence-electron chi connectivity index (χ0n) is 8.23. The second-order valence-electron chi connectivity index (χ2n) is 3.08. The van der Waals surface area contributed by atoms with E-state index in [1.807, 2.05) is 6.92 Å². The van der Waals surface area contributed by atoms with Gasteiger partial charge in [-0.05, 0) is 13.3 Å². The Morgan fingerprint density at radius 2 is 2.00 bits per heavy atom. The highest BCUT2D eigenvalue weighted by atomic mass is 19.4. The first kappa shape index (κ1) is 11.1. The summed E-state index contributed by atoms with van der Waals surface area (Å²) < 4.78 is 38.4. The highest BCUT2D eigenvalue weighted by molar-refractivity contribution is 5.07. The molecule has 1 aromatic rings. The third kappa shape index (κ3) is 2.27. The number of nitrogens with zero attached hydrogens (tertiary/aromatic N) is 2. The van der Waals surface area contributed by atoms with Gasteiger partial charge in [-0.1, -0.05) is 6.92 Å². The largest absolute Gasteiger partial charge is 0.434 e. The molecule has 0 aliphatic heterocycles. The second-order valence-corrected chi connectivity index (χ2v) is 3.08. The van der Waals surface area contributed by atoms with E-state index in [1.54, 1.807) is 11.5 Å². The van der Waals surface area contributed by atoms with Crippen molar-refractivity contribution in [2.45, 2.75) is 39.4 Å². The number of aromatic nitrogens is 2. The molecule has 0 aliphatic carbocycles. The summed E-state index contributed by atoms with van der Waals surface area (Å²) in [5, 5.41) is 0. The van der Waals surface area contributed by atoms with Crippen LogP contribution in [-0.2, 0) is 19.1 Å². The predicted octanol–water partition coefficient (Wildman–Crippen LogP) is 2.87. The molecule has 2 nitrogen and oxygen atoms in total. The molecule has 1 heterocycles. The molecule has 0 saturated carbocycles. The number of aryl methyl sites for hydroxylation is 2. The van der Waals surface area contributed by atoms with Crippen LogP contribution in [0.2, 0.25) is 0 Å². The summed E-state index contributed by atoms with van der Waals surface area (Å²) in [5.74, 6) is 0.516. The molecule has 0 aromatic carbocycles. The molecule has 0 amide bonds. The Hall–Kier alpha value is -1.00. The minimum absolute atomic E-state index is 0.516. The van der Waals surface area contributed by atoms with Gasteiger partial charge < -0.3 is 4.57 Å². The van der Waals surface area contributed by atoms with E-state index >= 15 is 0 Å². The van der Waals surface area contributed by atoms with Gasteiger partial charge in [-0.25, -0.2) is 4.98 Å². The van der Waals surface area contributed by atoms with Gasteiger partial charge in [-0.2, -0.15) is 13.2 Å². The van der Waals surface area contributed by atoms with Gasteiger partial charge in [0.1, 0.15) is 5.82 Å². The van der Waals surface area contributed by atoms with Crippen LogP contribution in [0.4, 0.5) is 13.2 Å². The van der Waals surface area contributed by atoms with Gasteiger partial charge in [0.2, 0.25) is 0 Å². The number of hydrogen-bond donors (Lipinski definition) is 0. The fourth-order valence-corrected chi connectivity index (χ4v) is 1.29. The molecule has 0 unspecified atom stereocenters. The van der Waals surface area contributed by atoms with Crippen molar-refractivity contribution in [1.29, 1.82) is 0 Å². The molecule has 0 bridgehead atoms. The maximum Gasteiger partial charge on any atom is 0.434 e. The van der Waals surface area contributed by atoms with Crippen molar-refractivity contribution in [1.82, 2.24) is 9.55 Å². The predicted molar refractivity (Wildman–Crippen MR) is 46.9 cm³/mol. The Kier molecular flexibility index (Phi) is 3.18. The summed E-state index contributed by atoms with van der Waals surface area (Å²) in [4.78, 5) is 3.58. The fraction of sp³-hybridized carbons (Fsp3) is 0.667. The van der Waals surface area contributed by atoms with Crippen molar-refractivity contribution < 1.29 is 13.2 Å². The number of hydrogen-bond acceptors (Lipinski definition) is 1. The highest BCUT2D eigenvalue weighted by Gasteiger charge is 2.34. The summed E-state index contributed by atoms with van der Waals surface area (Å²) in [6.45, 7) is 4.25. The molecule has 0 radical (unpaired) electrons. The van der Waals surface area contributed by atoms with Crippen molar-refractivity contribution in [2.75, 3.05) is 0 Å². The van der Waals surface area contributed by atoms with Crippen LogP contribution < -0.4 is 0 Å². The average Bonchev–Trinajstić information content (AvgIpc) is 2.47. The van der Waals surface area contributed by atoms with E-state index in [2.05, 4.69) is 4.98 Å². The number of alkyl halides is 3. The molecule has 0 spiro atoms. The van der Waals surface area contributed by atoms with Crippen molar-refractivity contribution >= 4 is 0 Å². The second kappa shape index (κ2) is 4.02. The van der Waals surface area contributed by atoms with Crippen molar-refractivity contribution in [3.63, 3.8) is 0 Å². The molecule has 0 aliphatic rings. The maximum absolute atomic E-state index is 12.3. The van der Waals surface area contributed by atoms with Gasteiger partial charge >= 0.3 is 6.18 Å². The first-order chi connectivity index (χ1) is 6.49. The monoisotopic (exact) mass is 206 g/mol. The molecule has 0 atom stereocenters. The number of imidazole rings is 1. The third-order valence-electron chi connectivity index (χ3n) is 1.96. The molecule has 1 rings (SSSR count). The van der Waals surface area contributed by atoms with Gasteiger partial charge in [0.05, 0.1) is 0 Å². The summed E-state index contributed by atoms with van der Waals surface area (Å²) in [5.41, 5.74) is -0.789. The molecule has 80 valence electrons. The zero-order chi connectivity index (χ0) is 10.8. The summed E-state index contributed by atoms with van der Waals surface area (Å²) in [7, 11) is 0. The standard InChI is InChI=1S/C9H13F3N2/c1-3-5-8-13-7(9(10,11)12)6-14(8)4-2/h6H,3-5H2,1-2H3.